The van der Waals surface area contributed by atoms with Crippen LogP contribution in [0.5, 0.6) is 0 Å². The fourth-order valence-corrected chi connectivity index (χ4v) is 6.98. The van der Waals surface area contributed by atoms with E-state index in [0.717, 1.165) is 12.8 Å². The first-order valence-corrected chi connectivity index (χ1v) is 12.0. The van der Waals surface area contributed by atoms with E-state index >= 15 is 0 Å². The van der Waals surface area contributed by atoms with Crippen molar-refractivity contribution in [2.45, 2.75) is 19.8 Å². The summed E-state index contributed by atoms with van der Waals surface area (Å²) in [5.41, 5.74) is 0.432. The molecule has 3 rings (SSSR count). The lowest BCUT2D eigenvalue weighted by Gasteiger charge is -2.27. The molecule has 0 fully saturated rings. The SMILES string of the molecule is C=C(C)C(=O)OCCCCN=P(c1ccccc1)(c1ccccc1)c1ccccc1. The smallest absolute Gasteiger partial charge is 0.333 e. The van der Waals surface area contributed by atoms with E-state index in [1.165, 1.54) is 15.9 Å². The van der Waals surface area contributed by atoms with Crippen LogP contribution in [0.4, 0.5) is 0 Å². The third kappa shape index (κ3) is 5.17. The minimum atomic E-state index is -2.13. The lowest BCUT2D eigenvalue weighted by atomic mass is 10.3. The van der Waals surface area contributed by atoms with Gasteiger partial charge in [0.05, 0.1) is 13.7 Å². The van der Waals surface area contributed by atoms with E-state index in [1.54, 1.807) is 6.92 Å². The van der Waals surface area contributed by atoms with Gasteiger partial charge in [0.2, 0.25) is 0 Å². The number of nitrogens with zero attached hydrogens (tertiary/aromatic N) is 1. The highest BCUT2D eigenvalue weighted by atomic mass is 31.2. The van der Waals surface area contributed by atoms with Crippen molar-refractivity contribution in [1.29, 1.82) is 0 Å². The Morgan fingerprint density at radius 3 is 1.63 bits per heavy atom. The molecule has 0 bridgehead atoms. The molecule has 0 aliphatic carbocycles. The maximum Gasteiger partial charge on any atom is 0.333 e. The third-order valence-corrected chi connectivity index (χ3v) is 8.60. The minimum absolute atomic E-state index is 0.327. The van der Waals surface area contributed by atoms with Gasteiger partial charge in [0.15, 0.2) is 0 Å². The molecule has 0 aliphatic heterocycles. The quantitative estimate of drug-likeness (QED) is 0.211. The van der Waals surface area contributed by atoms with Crippen molar-refractivity contribution in [2.75, 3.05) is 13.2 Å². The number of benzene rings is 3. The standard InChI is InChI=1S/C26H28NO2P/c1-22(2)26(28)29-21-13-12-20-27-30(23-14-6-3-7-15-23,24-16-8-4-9-17-24)25-18-10-5-11-19-25/h3-11,14-19H,1,12-13,20-21H2,2H3. The second-order valence-electron chi connectivity index (χ2n) is 7.13. The summed E-state index contributed by atoms with van der Waals surface area (Å²) in [5.74, 6) is -0.327. The van der Waals surface area contributed by atoms with E-state index in [2.05, 4.69) is 79.4 Å². The van der Waals surface area contributed by atoms with Crippen LogP contribution in [0.1, 0.15) is 19.8 Å². The highest BCUT2D eigenvalue weighted by molar-refractivity contribution is 7.87. The Bertz CT molecular complexity index is 911. The van der Waals surface area contributed by atoms with Crippen molar-refractivity contribution in [3.63, 3.8) is 0 Å². The van der Waals surface area contributed by atoms with Crippen molar-refractivity contribution < 1.29 is 9.53 Å². The van der Waals surface area contributed by atoms with Crippen LogP contribution in [-0.4, -0.2) is 19.1 Å². The molecule has 154 valence electrons. The molecule has 0 spiro atoms. The van der Waals surface area contributed by atoms with Crippen LogP contribution >= 0.6 is 7.05 Å². The Kier molecular flexibility index (Phi) is 7.82. The van der Waals surface area contributed by atoms with E-state index in [1.807, 2.05) is 18.2 Å². The Morgan fingerprint density at radius 1 is 0.800 bits per heavy atom. The summed E-state index contributed by atoms with van der Waals surface area (Å²) in [6, 6.07) is 31.8. The number of hydrogen-bond donors (Lipinski definition) is 0. The predicted molar refractivity (Wildman–Crippen MR) is 127 cm³/mol. The van der Waals surface area contributed by atoms with Gasteiger partial charge in [0.25, 0.3) is 0 Å². The highest BCUT2D eigenvalue weighted by Gasteiger charge is 2.26. The first-order valence-electron chi connectivity index (χ1n) is 10.2. The lowest BCUT2D eigenvalue weighted by molar-refractivity contribution is -0.139. The summed E-state index contributed by atoms with van der Waals surface area (Å²) in [5, 5.41) is 3.74. The zero-order valence-electron chi connectivity index (χ0n) is 17.4. The van der Waals surface area contributed by atoms with Crippen molar-refractivity contribution in [2.24, 2.45) is 4.74 Å². The number of carbonyl (C=O) groups is 1. The molecule has 3 aromatic carbocycles. The average molecular weight is 417 g/mol. The number of hydrogen-bond acceptors (Lipinski definition) is 3. The second-order valence-corrected chi connectivity index (χ2v) is 10.2. The Hall–Kier alpha value is -2.90. The van der Waals surface area contributed by atoms with Crippen LogP contribution < -0.4 is 15.9 Å². The molecule has 3 aromatic rings. The van der Waals surface area contributed by atoms with Crippen LogP contribution in [0.2, 0.25) is 0 Å². The summed E-state index contributed by atoms with van der Waals surface area (Å²) in [4.78, 5) is 11.6. The first kappa shape index (κ1) is 21.8. The Morgan fingerprint density at radius 2 is 1.23 bits per heavy atom. The van der Waals surface area contributed by atoms with Gasteiger partial charge >= 0.3 is 5.97 Å². The van der Waals surface area contributed by atoms with Gasteiger partial charge in [0.1, 0.15) is 0 Å². The fraction of sp³-hybridized carbons (Fsp3) is 0.192. The van der Waals surface area contributed by atoms with Crippen LogP contribution in [0.15, 0.2) is 108 Å². The van der Waals surface area contributed by atoms with Gasteiger partial charge in [-0.2, -0.15) is 0 Å². The fourth-order valence-electron chi connectivity index (χ4n) is 3.35. The van der Waals surface area contributed by atoms with Crippen molar-refractivity contribution in [3.05, 3.63) is 103 Å². The van der Waals surface area contributed by atoms with E-state index in [4.69, 9.17) is 9.48 Å². The van der Waals surface area contributed by atoms with Crippen LogP contribution in [0, 0.1) is 0 Å². The van der Waals surface area contributed by atoms with Gasteiger partial charge in [-0.15, -0.1) is 0 Å². The summed E-state index contributed by atoms with van der Waals surface area (Å²) < 4.78 is 10.6. The predicted octanol–water partition coefficient (Wildman–Crippen LogP) is 5.06. The molecule has 0 saturated heterocycles. The topological polar surface area (TPSA) is 38.7 Å². The molecule has 0 N–H and O–H groups in total. The third-order valence-electron chi connectivity index (χ3n) is 4.84. The minimum Gasteiger partial charge on any atom is -0.462 e. The summed E-state index contributed by atoms with van der Waals surface area (Å²) in [6.45, 7) is 6.38. The molecule has 0 aromatic heterocycles. The molecule has 0 atom stereocenters. The van der Waals surface area contributed by atoms with Gasteiger partial charge in [0, 0.05) is 28.0 Å². The molecule has 0 radical (unpaired) electrons. The molecule has 30 heavy (non-hydrogen) atoms. The van der Waals surface area contributed by atoms with Crippen LogP contribution in [0.25, 0.3) is 0 Å². The van der Waals surface area contributed by atoms with E-state index in [-0.39, 0.29) is 5.97 Å². The maximum atomic E-state index is 11.6. The summed E-state index contributed by atoms with van der Waals surface area (Å²) >= 11 is 0. The number of unbranched alkanes of at least 4 members (excludes halogenated alkanes) is 1. The lowest BCUT2D eigenvalue weighted by Crippen LogP contribution is -2.25. The van der Waals surface area contributed by atoms with Crippen LogP contribution in [-0.2, 0) is 9.53 Å². The maximum absolute atomic E-state index is 11.6. The van der Waals surface area contributed by atoms with E-state index < -0.39 is 7.05 Å². The zero-order chi connectivity index (χ0) is 21.2. The molecule has 0 saturated carbocycles. The van der Waals surface area contributed by atoms with Gasteiger partial charge < -0.3 is 4.74 Å². The molecule has 0 heterocycles. The monoisotopic (exact) mass is 417 g/mol. The summed E-state index contributed by atoms with van der Waals surface area (Å²) in [7, 11) is -2.13. The first-order chi connectivity index (χ1) is 14.6. The van der Waals surface area contributed by atoms with Crippen molar-refractivity contribution in [3.8, 4) is 0 Å². The Labute approximate surface area is 179 Å². The number of carbonyl (C=O) groups excluding carboxylic acids is 1. The number of rotatable bonds is 9. The Balaban J connectivity index is 1.94. The molecule has 0 unspecified atom stereocenters. The van der Waals surface area contributed by atoms with Gasteiger partial charge in [-0.3, -0.25) is 4.74 Å². The van der Waals surface area contributed by atoms with Gasteiger partial charge in [-0.1, -0.05) is 97.6 Å². The zero-order valence-corrected chi connectivity index (χ0v) is 18.3. The molecular weight excluding hydrogens is 389 g/mol. The largest absolute Gasteiger partial charge is 0.462 e. The molecular formula is C26H28NO2P. The average Bonchev–Trinajstić information content (AvgIpc) is 2.80. The molecule has 0 amide bonds. The van der Waals surface area contributed by atoms with Gasteiger partial charge in [-0.25, -0.2) is 4.79 Å². The highest BCUT2D eigenvalue weighted by Crippen LogP contribution is 2.46. The molecule has 0 aliphatic rings. The van der Waals surface area contributed by atoms with Gasteiger partial charge in [-0.05, 0) is 19.8 Å². The van der Waals surface area contributed by atoms with E-state index in [0.29, 0.717) is 18.7 Å². The number of ether oxygens (including phenoxy) is 1. The van der Waals surface area contributed by atoms with E-state index in [9.17, 15) is 4.79 Å². The molecule has 3 nitrogen and oxygen atoms in total. The summed E-state index contributed by atoms with van der Waals surface area (Å²) in [6.07, 6.45) is 1.64. The van der Waals surface area contributed by atoms with Crippen molar-refractivity contribution in [1.82, 2.24) is 0 Å². The normalized spacial score (nSPS) is 11.0. The second kappa shape index (κ2) is 10.8. The number of esters is 1. The van der Waals surface area contributed by atoms with Crippen molar-refractivity contribution >= 4 is 28.9 Å². The molecule has 4 heteroatoms. The van der Waals surface area contributed by atoms with Crippen LogP contribution in [0.3, 0.4) is 0 Å².